The Hall–Kier alpha value is -0.650. The Morgan fingerprint density at radius 1 is 1.31 bits per heavy atom. The molecule has 0 heterocycles. The monoisotopic (exact) mass is 265 g/mol. The zero-order valence-electron chi connectivity index (χ0n) is 9.07. The van der Waals surface area contributed by atoms with E-state index >= 15 is 0 Å². The first kappa shape index (κ1) is 13.4. The molecule has 0 radical (unpaired) electrons. The molecule has 0 aromatic heterocycles. The van der Waals surface area contributed by atoms with Gasteiger partial charge in [0.1, 0.15) is 10.7 Å². The molecule has 0 saturated carbocycles. The van der Waals surface area contributed by atoms with Gasteiger partial charge in [-0.15, -0.1) is 0 Å². The van der Waals surface area contributed by atoms with Crippen molar-refractivity contribution < 1.29 is 12.8 Å². The van der Waals surface area contributed by atoms with E-state index in [1.807, 2.05) is 0 Å². The van der Waals surface area contributed by atoms with Gasteiger partial charge in [-0.1, -0.05) is 25.4 Å². The van der Waals surface area contributed by atoms with Crippen LogP contribution in [0.4, 0.5) is 4.39 Å². The number of hydrogen-bond donors (Lipinski definition) is 0. The van der Waals surface area contributed by atoms with E-state index in [4.69, 9.17) is 11.6 Å². The van der Waals surface area contributed by atoms with Gasteiger partial charge >= 0.3 is 0 Å². The van der Waals surface area contributed by atoms with Gasteiger partial charge in [-0.3, -0.25) is 0 Å². The maximum absolute atomic E-state index is 13.4. The summed E-state index contributed by atoms with van der Waals surface area (Å²) in [5.74, 6) is -0.781. The molecule has 0 fully saturated rings. The Morgan fingerprint density at radius 2 is 1.88 bits per heavy atom. The van der Waals surface area contributed by atoms with E-state index in [1.165, 1.54) is 10.4 Å². The highest BCUT2D eigenvalue weighted by atomic mass is 35.5. The molecule has 1 rings (SSSR count). The van der Waals surface area contributed by atoms with Crippen LogP contribution in [-0.4, -0.2) is 25.8 Å². The Labute approximate surface area is 99.9 Å². The van der Waals surface area contributed by atoms with E-state index in [2.05, 4.69) is 0 Å². The third-order valence-electron chi connectivity index (χ3n) is 2.22. The van der Waals surface area contributed by atoms with Crippen molar-refractivity contribution in [1.82, 2.24) is 4.31 Å². The minimum atomic E-state index is -3.78. The molecule has 0 saturated heterocycles. The number of benzene rings is 1. The summed E-state index contributed by atoms with van der Waals surface area (Å²) < 4.78 is 38.6. The Kier molecular flexibility index (Phi) is 4.29. The molecule has 0 aliphatic carbocycles. The van der Waals surface area contributed by atoms with Gasteiger partial charge in [-0.25, -0.2) is 12.8 Å². The fourth-order valence-corrected chi connectivity index (χ4v) is 3.16. The summed E-state index contributed by atoms with van der Waals surface area (Å²) in [4.78, 5) is -0.372. The van der Waals surface area contributed by atoms with Gasteiger partial charge in [0.15, 0.2) is 0 Å². The topological polar surface area (TPSA) is 37.4 Å². The summed E-state index contributed by atoms with van der Waals surface area (Å²) in [6.07, 6.45) is 0. The minimum Gasteiger partial charge on any atom is -0.207 e. The molecule has 0 N–H and O–H groups in total. The number of hydrogen-bond acceptors (Lipinski definition) is 2. The van der Waals surface area contributed by atoms with Crippen LogP contribution in [0.15, 0.2) is 23.1 Å². The fourth-order valence-electron chi connectivity index (χ4n) is 1.38. The van der Waals surface area contributed by atoms with Crippen LogP contribution in [0.25, 0.3) is 0 Å². The highest BCUT2D eigenvalue weighted by molar-refractivity contribution is 7.89. The van der Waals surface area contributed by atoms with E-state index < -0.39 is 15.8 Å². The molecule has 1 aromatic carbocycles. The molecule has 0 amide bonds. The maximum Gasteiger partial charge on any atom is 0.246 e. The first-order valence-electron chi connectivity index (χ1n) is 4.88. The zero-order valence-corrected chi connectivity index (χ0v) is 10.6. The van der Waals surface area contributed by atoms with Gasteiger partial charge in [0.25, 0.3) is 0 Å². The summed E-state index contributed by atoms with van der Waals surface area (Å²) in [5, 5.41) is 0.201. The smallest absolute Gasteiger partial charge is 0.207 e. The Balaban J connectivity index is 3.31. The molecule has 90 valence electrons. The van der Waals surface area contributed by atoms with Crippen molar-refractivity contribution in [1.29, 1.82) is 0 Å². The maximum atomic E-state index is 13.4. The second kappa shape index (κ2) is 5.12. The van der Waals surface area contributed by atoms with Crippen LogP contribution in [0.1, 0.15) is 13.8 Å². The van der Waals surface area contributed by atoms with Crippen molar-refractivity contribution in [2.45, 2.75) is 18.7 Å². The SMILES string of the molecule is CCN(CC)S(=O)(=O)c1cc(Cl)ccc1F. The molecule has 6 heteroatoms. The van der Waals surface area contributed by atoms with Gasteiger partial charge in [0.2, 0.25) is 10.0 Å². The van der Waals surface area contributed by atoms with Gasteiger partial charge in [-0.05, 0) is 18.2 Å². The molecular weight excluding hydrogens is 253 g/mol. The average molecular weight is 266 g/mol. The second-order valence-corrected chi connectivity index (χ2v) is 5.51. The standard InChI is InChI=1S/C10H13ClFNO2S/c1-3-13(4-2)16(14,15)10-7-8(11)5-6-9(10)12/h5-7H,3-4H2,1-2H3. The summed E-state index contributed by atoms with van der Waals surface area (Å²) in [6, 6.07) is 3.50. The molecule has 16 heavy (non-hydrogen) atoms. The van der Waals surface area contributed by atoms with Crippen molar-refractivity contribution in [3.63, 3.8) is 0 Å². The predicted octanol–water partition coefficient (Wildman–Crippen LogP) is 2.51. The lowest BCUT2D eigenvalue weighted by Crippen LogP contribution is -2.31. The van der Waals surface area contributed by atoms with Crippen molar-refractivity contribution in [3.05, 3.63) is 29.0 Å². The quantitative estimate of drug-likeness (QED) is 0.839. The van der Waals surface area contributed by atoms with Gasteiger partial charge < -0.3 is 0 Å². The molecule has 0 unspecified atom stereocenters. The predicted molar refractivity (Wildman–Crippen MR) is 61.5 cm³/mol. The number of sulfonamides is 1. The number of rotatable bonds is 4. The fraction of sp³-hybridized carbons (Fsp3) is 0.400. The third kappa shape index (κ3) is 2.53. The van der Waals surface area contributed by atoms with Crippen LogP contribution in [0.3, 0.4) is 0 Å². The van der Waals surface area contributed by atoms with Gasteiger partial charge in [0.05, 0.1) is 0 Å². The summed E-state index contributed by atoms with van der Waals surface area (Å²) in [7, 11) is -3.78. The van der Waals surface area contributed by atoms with E-state index in [0.29, 0.717) is 13.1 Å². The largest absolute Gasteiger partial charge is 0.246 e. The lowest BCUT2D eigenvalue weighted by molar-refractivity contribution is 0.440. The zero-order chi connectivity index (χ0) is 12.3. The highest BCUT2D eigenvalue weighted by Crippen LogP contribution is 2.22. The molecule has 1 aromatic rings. The normalized spacial score (nSPS) is 12.1. The third-order valence-corrected chi connectivity index (χ3v) is 4.52. The number of halogens is 2. The molecule has 0 aliphatic rings. The van der Waals surface area contributed by atoms with Crippen LogP contribution >= 0.6 is 11.6 Å². The van der Waals surface area contributed by atoms with E-state index in [0.717, 1.165) is 12.1 Å². The highest BCUT2D eigenvalue weighted by Gasteiger charge is 2.25. The van der Waals surface area contributed by atoms with Crippen molar-refractivity contribution in [2.75, 3.05) is 13.1 Å². The van der Waals surface area contributed by atoms with Crippen molar-refractivity contribution in [2.24, 2.45) is 0 Å². The summed E-state index contributed by atoms with van der Waals surface area (Å²) in [6.45, 7) is 3.99. The summed E-state index contributed by atoms with van der Waals surface area (Å²) >= 11 is 5.66. The van der Waals surface area contributed by atoms with Crippen LogP contribution < -0.4 is 0 Å². The average Bonchev–Trinajstić information content (AvgIpc) is 2.23. The Bertz CT molecular complexity index is 472. The van der Waals surface area contributed by atoms with Crippen LogP contribution in [-0.2, 0) is 10.0 Å². The van der Waals surface area contributed by atoms with Crippen molar-refractivity contribution in [3.8, 4) is 0 Å². The first-order valence-corrected chi connectivity index (χ1v) is 6.70. The van der Waals surface area contributed by atoms with E-state index in [9.17, 15) is 12.8 Å². The van der Waals surface area contributed by atoms with Gasteiger partial charge in [-0.2, -0.15) is 4.31 Å². The molecule has 0 bridgehead atoms. The van der Waals surface area contributed by atoms with Crippen LogP contribution in [0.2, 0.25) is 5.02 Å². The van der Waals surface area contributed by atoms with Crippen LogP contribution in [0, 0.1) is 5.82 Å². The lowest BCUT2D eigenvalue weighted by Gasteiger charge is -2.18. The molecule has 0 spiro atoms. The summed E-state index contributed by atoms with van der Waals surface area (Å²) in [5.41, 5.74) is 0. The van der Waals surface area contributed by atoms with Gasteiger partial charge in [0, 0.05) is 18.1 Å². The van der Waals surface area contributed by atoms with E-state index in [1.54, 1.807) is 13.8 Å². The lowest BCUT2D eigenvalue weighted by atomic mass is 10.3. The van der Waals surface area contributed by atoms with E-state index in [-0.39, 0.29) is 9.92 Å². The first-order chi connectivity index (χ1) is 7.43. The Morgan fingerprint density at radius 3 is 2.38 bits per heavy atom. The molecule has 0 aliphatic heterocycles. The van der Waals surface area contributed by atoms with Crippen LogP contribution in [0.5, 0.6) is 0 Å². The molecule has 0 atom stereocenters. The molecular formula is C10H13ClFNO2S. The number of nitrogens with zero attached hydrogens (tertiary/aromatic N) is 1. The van der Waals surface area contributed by atoms with Crippen molar-refractivity contribution >= 4 is 21.6 Å². The molecule has 3 nitrogen and oxygen atoms in total. The second-order valence-electron chi connectivity index (χ2n) is 3.16. The minimum absolute atomic E-state index is 0.201.